The van der Waals surface area contributed by atoms with Crippen molar-refractivity contribution in [2.45, 2.75) is 105 Å². The van der Waals surface area contributed by atoms with E-state index in [1.54, 1.807) is 20.8 Å². The first-order valence-electron chi connectivity index (χ1n) is 12.6. The van der Waals surface area contributed by atoms with Gasteiger partial charge in [0.2, 0.25) is 11.8 Å². The molecule has 11 heteroatoms. The first kappa shape index (κ1) is 34.0. The van der Waals surface area contributed by atoms with Crippen LogP contribution >= 0.6 is 0 Å². The van der Waals surface area contributed by atoms with Gasteiger partial charge in [0.15, 0.2) is 0 Å². The van der Waals surface area contributed by atoms with Crippen LogP contribution in [0.1, 0.15) is 93.9 Å². The van der Waals surface area contributed by atoms with Gasteiger partial charge in [-0.2, -0.15) is 8.42 Å². The fourth-order valence-electron chi connectivity index (χ4n) is 4.11. The number of carbonyl (C=O) groups excluding carboxylic acids is 4. The van der Waals surface area contributed by atoms with E-state index in [-0.39, 0.29) is 37.6 Å². The van der Waals surface area contributed by atoms with Crippen molar-refractivity contribution in [2.24, 2.45) is 17.8 Å². The molecule has 0 aliphatic carbocycles. The Bertz CT molecular complexity index is 867. The third-order valence-electron chi connectivity index (χ3n) is 5.75. The minimum absolute atomic E-state index is 0.0533. The van der Waals surface area contributed by atoms with E-state index < -0.39 is 56.6 Å². The molecule has 0 bridgehead atoms. The van der Waals surface area contributed by atoms with Crippen LogP contribution in [-0.2, 0) is 34.0 Å². The summed E-state index contributed by atoms with van der Waals surface area (Å²) in [5, 5.41) is 5.50. The number of hydrogen-bond acceptors (Lipinski definition) is 7. The molecule has 0 aromatic rings. The molecule has 0 aliphatic heterocycles. The van der Waals surface area contributed by atoms with Gasteiger partial charge in [-0.1, -0.05) is 27.2 Å². The zero-order chi connectivity index (χ0) is 28.3. The largest absolute Gasteiger partial charge is 0.465 e. The Balaban J connectivity index is 5.57. The van der Waals surface area contributed by atoms with Gasteiger partial charge in [0.1, 0.15) is 5.78 Å². The maximum Gasteiger partial charge on any atom is 0.308 e. The summed E-state index contributed by atoms with van der Waals surface area (Å²) in [5.74, 6) is -3.92. The number of nitrogens with one attached hydrogen (secondary N) is 2. The summed E-state index contributed by atoms with van der Waals surface area (Å²) >= 11 is 0. The van der Waals surface area contributed by atoms with Crippen molar-refractivity contribution in [3.63, 3.8) is 0 Å². The van der Waals surface area contributed by atoms with Crippen LogP contribution in [0.5, 0.6) is 0 Å². The van der Waals surface area contributed by atoms with Crippen molar-refractivity contribution >= 4 is 33.7 Å². The second-order valence-corrected chi connectivity index (χ2v) is 12.5. The van der Waals surface area contributed by atoms with E-state index in [1.807, 2.05) is 13.8 Å². The molecule has 3 atom stereocenters. The Morgan fingerprint density at radius 3 is 1.94 bits per heavy atom. The van der Waals surface area contributed by atoms with Crippen molar-refractivity contribution in [2.75, 3.05) is 12.4 Å². The lowest BCUT2D eigenvalue weighted by Gasteiger charge is -2.30. The van der Waals surface area contributed by atoms with Gasteiger partial charge in [-0.15, -0.1) is 0 Å². The lowest BCUT2D eigenvalue weighted by molar-refractivity contribution is -0.150. The van der Waals surface area contributed by atoms with Crippen LogP contribution in [-0.4, -0.2) is 60.0 Å². The highest BCUT2D eigenvalue weighted by molar-refractivity contribution is 7.85. The zero-order valence-corrected chi connectivity index (χ0v) is 23.9. The van der Waals surface area contributed by atoms with Crippen LogP contribution in [0.2, 0.25) is 0 Å². The summed E-state index contributed by atoms with van der Waals surface area (Å²) in [7, 11) is -4.31. The van der Waals surface area contributed by atoms with Gasteiger partial charge < -0.3 is 15.4 Å². The van der Waals surface area contributed by atoms with Crippen LogP contribution in [0.15, 0.2) is 0 Å². The van der Waals surface area contributed by atoms with E-state index in [1.165, 1.54) is 20.8 Å². The highest BCUT2D eigenvalue weighted by Crippen LogP contribution is 2.26. The van der Waals surface area contributed by atoms with Crippen molar-refractivity contribution < 1.29 is 36.9 Å². The molecule has 0 saturated heterocycles. The highest BCUT2D eigenvalue weighted by Gasteiger charge is 2.34. The normalized spacial score (nSPS) is 14.9. The maximum atomic E-state index is 13.0. The van der Waals surface area contributed by atoms with E-state index in [2.05, 4.69) is 10.6 Å². The fraction of sp³-hybridized carbons (Fsp3) is 0.840. The predicted molar refractivity (Wildman–Crippen MR) is 138 cm³/mol. The molecule has 0 rings (SSSR count). The Morgan fingerprint density at radius 2 is 1.47 bits per heavy atom. The molecule has 0 fully saturated rings. The Hall–Kier alpha value is -2.01. The number of carbonyl (C=O) groups is 4. The number of amides is 2. The molecule has 0 saturated carbocycles. The predicted octanol–water partition coefficient (Wildman–Crippen LogP) is 3.04. The van der Waals surface area contributed by atoms with E-state index in [0.29, 0.717) is 12.8 Å². The molecule has 3 unspecified atom stereocenters. The minimum atomic E-state index is -4.31. The first-order valence-corrected chi connectivity index (χ1v) is 14.2. The number of esters is 1. The van der Waals surface area contributed by atoms with Gasteiger partial charge in [0.25, 0.3) is 10.1 Å². The Morgan fingerprint density at radius 1 is 0.917 bits per heavy atom. The third-order valence-corrected chi connectivity index (χ3v) is 6.84. The van der Waals surface area contributed by atoms with Crippen LogP contribution in [0.25, 0.3) is 0 Å². The second-order valence-electron chi connectivity index (χ2n) is 11.0. The summed E-state index contributed by atoms with van der Waals surface area (Å²) in [5.41, 5.74) is -1.95. The van der Waals surface area contributed by atoms with Gasteiger partial charge >= 0.3 is 5.97 Å². The van der Waals surface area contributed by atoms with Crippen LogP contribution in [0, 0.1) is 17.8 Å². The quantitative estimate of drug-likeness (QED) is 0.146. The third kappa shape index (κ3) is 14.5. The van der Waals surface area contributed by atoms with E-state index >= 15 is 0 Å². The molecule has 2 amide bonds. The fourth-order valence-corrected chi connectivity index (χ4v) is 5.10. The van der Waals surface area contributed by atoms with Crippen molar-refractivity contribution in [1.29, 1.82) is 0 Å². The number of unbranched alkanes of at least 4 members (excludes halogenated alkanes) is 1. The smallest absolute Gasteiger partial charge is 0.308 e. The van der Waals surface area contributed by atoms with Crippen molar-refractivity contribution in [1.82, 2.24) is 10.6 Å². The van der Waals surface area contributed by atoms with Gasteiger partial charge in [-0.05, 0) is 60.3 Å². The lowest BCUT2D eigenvalue weighted by Crippen LogP contribution is -2.50. The highest BCUT2D eigenvalue weighted by atomic mass is 32.2. The van der Waals surface area contributed by atoms with Crippen molar-refractivity contribution in [3.8, 4) is 0 Å². The van der Waals surface area contributed by atoms with Crippen LogP contribution in [0.4, 0.5) is 0 Å². The Labute approximate surface area is 216 Å². The standard InChI is InChI=1S/C25H46N2O8S/c1-9-11-12-35-23(31)20(13-17(3)21(29)26-25(7,8)16-36(32,33)34)14-19(10-2)22(30)27-24(5,6)15-18(4)28/h17,19-20H,9-16H2,1-8H3,(H,26,29)(H,27,30)(H,32,33,34). The number of ether oxygens (including phenoxy) is 1. The lowest BCUT2D eigenvalue weighted by atomic mass is 9.84. The molecule has 3 N–H and O–H groups in total. The van der Waals surface area contributed by atoms with Gasteiger partial charge in [-0.3, -0.25) is 23.7 Å². The topological polar surface area (TPSA) is 156 Å². The maximum absolute atomic E-state index is 13.0. The number of rotatable bonds is 17. The van der Waals surface area contributed by atoms with Gasteiger partial charge in [0, 0.05) is 23.8 Å². The van der Waals surface area contributed by atoms with Gasteiger partial charge in [0.05, 0.1) is 23.8 Å². The zero-order valence-electron chi connectivity index (χ0n) is 23.1. The molecule has 0 heterocycles. The van der Waals surface area contributed by atoms with Crippen LogP contribution < -0.4 is 10.6 Å². The molecule has 0 aromatic heterocycles. The average molecular weight is 535 g/mol. The summed E-state index contributed by atoms with van der Waals surface area (Å²) < 4.78 is 37.1. The number of hydrogen-bond donors (Lipinski definition) is 3. The molecule has 10 nitrogen and oxygen atoms in total. The molecule has 0 aliphatic rings. The van der Waals surface area contributed by atoms with E-state index in [0.717, 1.165) is 6.42 Å². The minimum Gasteiger partial charge on any atom is -0.465 e. The second kappa shape index (κ2) is 14.7. The van der Waals surface area contributed by atoms with E-state index in [4.69, 9.17) is 9.29 Å². The molecular formula is C25H46N2O8S. The van der Waals surface area contributed by atoms with E-state index in [9.17, 15) is 27.6 Å². The molecule has 0 radical (unpaired) electrons. The number of ketones is 1. The van der Waals surface area contributed by atoms with Gasteiger partial charge in [-0.25, -0.2) is 0 Å². The summed E-state index contributed by atoms with van der Waals surface area (Å²) in [6.07, 6.45) is 2.41. The molecule has 36 heavy (non-hydrogen) atoms. The van der Waals surface area contributed by atoms with Crippen molar-refractivity contribution in [3.05, 3.63) is 0 Å². The SMILES string of the molecule is CCCCOC(=O)C(CC(C)C(=O)NC(C)(C)CS(=O)(=O)O)CC(CC)C(=O)NC(C)(C)CC(C)=O. The molecule has 0 aromatic carbocycles. The summed E-state index contributed by atoms with van der Waals surface area (Å²) in [6.45, 7) is 13.6. The Kier molecular flexibility index (Phi) is 13.8. The molecule has 210 valence electrons. The monoisotopic (exact) mass is 534 g/mol. The van der Waals surface area contributed by atoms with Crippen LogP contribution in [0.3, 0.4) is 0 Å². The number of Topliss-reactive ketones (excluding diaryl/α,β-unsaturated/α-hetero) is 1. The first-order chi connectivity index (χ1) is 16.3. The molecular weight excluding hydrogens is 488 g/mol. The molecule has 0 spiro atoms. The summed E-state index contributed by atoms with van der Waals surface area (Å²) in [4.78, 5) is 50.2. The summed E-state index contributed by atoms with van der Waals surface area (Å²) in [6, 6.07) is 0. The average Bonchev–Trinajstić information content (AvgIpc) is 2.66.